The Morgan fingerprint density at radius 3 is 2.26 bits per heavy atom. The molecule has 0 unspecified atom stereocenters. The van der Waals surface area contributed by atoms with E-state index in [1.807, 2.05) is 30.3 Å². The van der Waals surface area contributed by atoms with Crippen molar-refractivity contribution < 1.29 is 4.92 Å². The van der Waals surface area contributed by atoms with E-state index in [0.29, 0.717) is 10.7 Å². The molecule has 0 aliphatic carbocycles. The summed E-state index contributed by atoms with van der Waals surface area (Å²) in [4.78, 5) is 10.6. The predicted molar refractivity (Wildman–Crippen MR) is 78.0 cm³/mol. The fraction of sp³-hybridized carbons (Fsp3) is 0. The van der Waals surface area contributed by atoms with Gasteiger partial charge in [-0.25, -0.2) is 0 Å². The standard InChI is InChI=1S/C13H11N3O2S/c17-16(18)12-8-6-11(7-9-12)14-15-13(19)10-4-2-1-3-5-10/h1-9,14H,(H,15,19). The molecule has 2 rings (SSSR count). The zero-order valence-electron chi connectivity index (χ0n) is 9.87. The summed E-state index contributed by atoms with van der Waals surface area (Å²) in [5, 5.41) is 10.5. The van der Waals surface area contributed by atoms with E-state index in [9.17, 15) is 10.1 Å². The van der Waals surface area contributed by atoms with Crippen LogP contribution in [-0.4, -0.2) is 9.91 Å². The van der Waals surface area contributed by atoms with E-state index in [1.165, 1.54) is 12.1 Å². The van der Waals surface area contributed by atoms with Gasteiger partial charge in [0, 0.05) is 17.7 Å². The van der Waals surface area contributed by atoms with Crippen molar-refractivity contribution in [2.45, 2.75) is 0 Å². The summed E-state index contributed by atoms with van der Waals surface area (Å²) < 4.78 is 0. The molecule has 0 aromatic heterocycles. The van der Waals surface area contributed by atoms with Gasteiger partial charge in [0.1, 0.15) is 4.99 Å². The maximum Gasteiger partial charge on any atom is 0.269 e. The Bertz CT molecular complexity index is 585. The van der Waals surface area contributed by atoms with Crippen molar-refractivity contribution in [3.05, 3.63) is 70.3 Å². The van der Waals surface area contributed by atoms with E-state index in [4.69, 9.17) is 12.2 Å². The average Bonchev–Trinajstić information content (AvgIpc) is 2.46. The highest BCUT2D eigenvalue weighted by atomic mass is 32.1. The SMILES string of the molecule is O=[N+]([O-])c1ccc(NNC(=S)c2ccccc2)cc1. The molecule has 0 spiro atoms. The minimum atomic E-state index is -0.439. The number of thiocarbonyl (C=S) groups is 1. The van der Waals surface area contributed by atoms with Gasteiger partial charge in [-0.3, -0.25) is 15.5 Å². The predicted octanol–water partition coefficient (Wildman–Crippen LogP) is 2.89. The van der Waals surface area contributed by atoms with Crippen LogP contribution in [0.5, 0.6) is 0 Å². The van der Waals surface area contributed by atoms with Crippen molar-refractivity contribution in [2.24, 2.45) is 0 Å². The maximum atomic E-state index is 10.5. The Balaban J connectivity index is 1.95. The first-order valence-corrected chi connectivity index (χ1v) is 5.93. The minimum absolute atomic E-state index is 0.0520. The highest BCUT2D eigenvalue weighted by Gasteiger charge is 2.04. The molecule has 5 nitrogen and oxygen atoms in total. The molecule has 6 heteroatoms. The number of nitrogens with one attached hydrogen (secondary N) is 2. The number of anilines is 1. The zero-order valence-corrected chi connectivity index (χ0v) is 10.7. The lowest BCUT2D eigenvalue weighted by Gasteiger charge is -2.10. The van der Waals surface area contributed by atoms with Crippen molar-refractivity contribution in [3.63, 3.8) is 0 Å². The fourth-order valence-electron chi connectivity index (χ4n) is 1.46. The number of nitro groups is 1. The monoisotopic (exact) mass is 273 g/mol. The number of nitro benzene ring substituents is 1. The molecule has 0 aliphatic rings. The first kappa shape index (κ1) is 13.0. The van der Waals surface area contributed by atoms with Crippen LogP contribution in [-0.2, 0) is 0 Å². The van der Waals surface area contributed by atoms with Crippen molar-refractivity contribution >= 4 is 28.6 Å². The van der Waals surface area contributed by atoms with Crippen LogP contribution >= 0.6 is 12.2 Å². The summed E-state index contributed by atoms with van der Waals surface area (Å²) in [5.41, 5.74) is 7.42. The molecular weight excluding hydrogens is 262 g/mol. The zero-order chi connectivity index (χ0) is 13.7. The number of hydrazine groups is 1. The summed E-state index contributed by atoms with van der Waals surface area (Å²) in [7, 11) is 0. The van der Waals surface area contributed by atoms with Crippen molar-refractivity contribution in [1.82, 2.24) is 5.43 Å². The van der Waals surface area contributed by atoms with E-state index in [2.05, 4.69) is 10.9 Å². The summed E-state index contributed by atoms with van der Waals surface area (Å²) in [6.07, 6.45) is 0. The molecule has 0 atom stereocenters. The Morgan fingerprint density at radius 1 is 1.05 bits per heavy atom. The Hall–Kier alpha value is -2.47. The molecule has 96 valence electrons. The van der Waals surface area contributed by atoms with E-state index >= 15 is 0 Å². The largest absolute Gasteiger partial charge is 0.300 e. The molecule has 2 aromatic rings. The summed E-state index contributed by atoms with van der Waals surface area (Å²) >= 11 is 5.21. The van der Waals surface area contributed by atoms with Crippen molar-refractivity contribution in [2.75, 3.05) is 5.43 Å². The number of non-ortho nitro benzene ring substituents is 1. The molecule has 2 aromatic carbocycles. The van der Waals surface area contributed by atoms with Gasteiger partial charge in [0.15, 0.2) is 0 Å². The lowest BCUT2D eigenvalue weighted by molar-refractivity contribution is -0.384. The normalized spacial score (nSPS) is 9.68. The van der Waals surface area contributed by atoms with Crippen molar-refractivity contribution in [1.29, 1.82) is 0 Å². The second-order valence-electron chi connectivity index (χ2n) is 3.75. The topological polar surface area (TPSA) is 67.2 Å². The van der Waals surface area contributed by atoms with Crippen LogP contribution in [0.15, 0.2) is 54.6 Å². The molecule has 0 aliphatic heterocycles. The Labute approximate surface area is 115 Å². The van der Waals surface area contributed by atoms with Crippen molar-refractivity contribution in [3.8, 4) is 0 Å². The molecule has 0 radical (unpaired) electrons. The van der Waals surface area contributed by atoms with Crippen LogP contribution in [0.3, 0.4) is 0 Å². The van der Waals surface area contributed by atoms with Gasteiger partial charge in [-0.2, -0.15) is 0 Å². The van der Waals surface area contributed by atoms with E-state index in [0.717, 1.165) is 5.56 Å². The van der Waals surface area contributed by atoms with E-state index in [-0.39, 0.29) is 5.69 Å². The van der Waals surface area contributed by atoms with Crippen LogP contribution in [0.4, 0.5) is 11.4 Å². The number of hydrogen-bond acceptors (Lipinski definition) is 4. The minimum Gasteiger partial charge on any atom is -0.300 e. The second-order valence-corrected chi connectivity index (χ2v) is 4.16. The molecule has 2 N–H and O–H groups in total. The number of hydrogen-bond donors (Lipinski definition) is 2. The summed E-state index contributed by atoms with van der Waals surface area (Å²) in [6, 6.07) is 15.6. The molecular formula is C13H11N3O2S. The smallest absolute Gasteiger partial charge is 0.269 e. The molecule has 0 heterocycles. The van der Waals surface area contributed by atoms with Gasteiger partial charge < -0.3 is 5.43 Å². The quantitative estimate of drug-likeness (QED) is 0.509. The van der Waals surface area contributed by atoms with Crippen LogP contribution in [0.2, 0.25) is 0 Å². The molecule has 0 saturated carbocycles. The van der Waals surface area contributed by atoms with Crippen LogP contribution < -0.4 is 10.9 Å². The van der Waals surface area contributed by atoms with Gasteiger partial charge in [0.05, 0.1) is 10.6 Å². The second kappa shape index (κ2) is 5.92. The Morgan fingerprint density at radius 2 is 1.68 bits per heavy atom. The average molecular weight is 273 g/mol. The molecule has 0 bridgehead atoms. The van der Waals surface area contributed by atoms with Gasteiger partial charge in [0.2, 0.25) is 0 Å². The lowest BCUT2D eigenvalue weighted by atomic mass is 10.2. The van der Waals surface area contributed by atoms with Gasteiger partial charge >= 0.3 is 0 Å². The first-order chi connectivity index (χ1) is 9.16. The van der Waals surface area contributed by atoms with Gasteiger partial charge in [-0.1, -0.05) is 42.5 Å². The van der Waals surface area contributed by atoms with Gasteiger partial charge in [-0.15, -0.1) is 0 Å². The summed E-state index contributed by atoms with van der Waals surface area (Å²) in [6.45, 7) is 0. The highest BCUT2D eigenvalue weighted by Crippen LogP contribution is 2.14. The molecule has 0 fully saturated rings. The van der Waals surface area contributed by atoms with E-state index < -0.39 is 4.92 Å². The molecule has 0 amide bonds. The third-order valence-corrected chi connectivity index (χ3v) is 2.77. The fourth-order valence-corrected chi connectivity index (χ4v) is 1.64. The molecule has 19 heavy (non-hydrogen) atoms. The number of nitrogens with zero attached hydrogens (tertiary/aromatic N) is 1. The lowest BCUT2D eigenvalue weighted by Crippen LogP contribution is -2.28. The van der Waals surface area contributed by atoms with Crippen LogP contribution in [0.25, 0.3) is 0 Å². The van der Waals surface area contributed by atoms with Crippen LogP contribution in [0.1, 0.15) is 5.56 Å². The summed E-state index contributed by atoms with van der Waals surface area (Å²) in [5.74, 6) is 0. The molecule has 0 saturated heterocycles. The van der Waals surface area contributed by atoms with Gasteiger partial charge in [0.25, 0.3) is 5.69 Å². The van der Waals surface area contributed by atoms with Gasteiger partial charge in [-0.05, 0) is 12.1 Å². The number of benzene rings is 2. The highest BCUT2D eigenvalue weighted by molar-refractivity contribution is 7.80. The van der Waals surface area contributed by atoms with Crippen LogP contribution in [0, 0.1) is 10.1 Å². The first-order valence-electron chi connectivity index (χ1n) is 5.52. The Kier molecular flexibility index (Phi) is 4.04. The third kappa shape index (κ3) is 3.49. The maximum absolute atomic E-state index is 10.5. The number of rotatable bonds is 4. The third-order valence-electron chi connectivity index (χ3n) is 2.43. The van der Waals surface area contributed by atoms with E-state index in [1.54, 1.807) is 12.1 Å².